The van der Waals surface area contributed by atoms with Gasteiger partial charge in [-0.25, -0.2) is 0 Å². The Morgan fingerprint density at radius 1 is 1.26 bits per heavy atom. The lowest BCUT2D eigenvalue weighted by Gasteiger charge is -2.32. The van der Waals surface area contributed by atoms with E-state index in [1.54, 1.807) is 20.8 Å². The van der Waals surface area contributed by atoms with E-state index < -0.39 is 56.9 Å². The van der Waals surface area contributed by atoms with Gasteiger partial charge < -0.3 is 33.0 Å². The van der Waals surface area contributed by atoms with Gasteiger partial charge in [0.05, 0.1) is 12.0 Å². The second kappa shape index (κ2) is 10.1. The molecule has 178 valence electrons. The topological polar surface area (TPSA) is 150 Å². The van der Waals surface area contributed by atoms with Gasteiger partial charge in [0.15, 0.2) is 24.6 Å². The molecule has 1 saturated heterocycles. The standard InChI is InChI=1S/C16H27NO11P2S/c1-16(2,3)28-30(22,31)27-13-12(23-4)14(17-7-6-10(18)8-11(17)19)26-15(13)25-9-29(20,21)24-5/h6-7,12-15H,8-9H2,1-5H3,(H,20,21)(H,22,31)/t12-,13+,14-,15+,30?/m1/s1. The van der Waals surface area contributed by atoms with Gasteiger partial charge in [-0.3, -0.25) is 23.6 Å². The van der Waals surface area contributed by atoms with Gasteiger partial charge in [-0.15, -0.1) is 0 Å². The fourth-order valence-corrected chi connectivity index (χ4v) is 5.51. The summed E-state index contributed by atoms with van der Waals surface area (Å²) in [4.78, 5) is 45.2. The van der Waals surface area contributed by atoms with Crippen molar-refractivity contribution in [1.29, 1.82) is 0 Å². The highest BCUT2D eigenvalue weighted by atomic mass is 32.5. The van der Waals surface area contributed by atoms with E-state index in [1.165, 1.54) is 19.4 Å². The maximum Gasteiger partial charge on any atom is 0.353 e. The number of rotatable bonds is 9. The van der Waals surface area contributed by atoms with Crippen LogP contribution in [0.3, 0.4) is 0 Å². The van der Waals surface area contributed by atoms with Gasteiger partial charge >= 0.3 is 14.3 Å². The monoisotopic (exact) mass is 503 g/mol. The van der Waals surface area contributed by atoms with Crippen molar-refractivity contribution in [3.05, 3.63) is 12.3 Å². The third-order valence-corrected chi connectivity index (χ3v) is 6.87. The third kappa shape index (κ3) is 7.48. The Bertz CT molecular complexity index is 814. The fraction of sp³-hybridized carbons (Fsp3) is 0.750. The lowest BCUT2D eigenvalue weighted by atomic mass is 10.1. The van der Waals surface area contributed by atoms with Crippen molar-refractivity contribution in [3.8, 4) is 0 Å². The number of carbonyl (C=O) groups excluding carboxylic acids is 2. The van der Waals surface area contributed by atoms with Crippen LogP contribution in [0.15, 0.2) is 12.3 Å². The highest BCUT2D eigenvalue weighted by Gasteiger charge is 2.53. The number of allylic oxidation sites excluding steroid dienone is 1. The van der Waals surface area contributed by atoms with Gasteiger partial charge in [-0.2, -0.15) is 0 Å². The maximum absolute atomic E-state index is 12.3. The Labute approximate surface area is 185 Å². The average molecular weight is 503 g/mol. The smallest absolute Gasteiger partial charge is 0.353 e. The van der Waals surface area contributed by atoms with Crippen LogP contribution >= 0.6 is 14.3 Å². The zero-order valence-electron chi connectivity index (χ0n) is 17.7. The van der Waals surface area contributed by atoms with Crippen LogP contribution in [0.1, 0.15) is 27.2 Å². The molecule has 15 heteroatoms. The molecule has 12 nitrogen and oxygen atoms in total. The molecular formula is C16H27NO11P2S. The first kappa shape index (κ1) is 26.7. The number of ether oxygens (including phenoxy) is 3. The van der Waals surface area contributed by atoms with Crippen LogP contribution < -0.4 is 0 Å². The predicted molar refractivity (Wildman–Crippen MR) is 110 cm³/mol. The van der Waals surface area contributed by atoms with Gasteiger partial charge in [0, 0.05) is 20.4 Å². The molecule has 0 radical (unpaired) electrons. The summed E-state index contributed by atoms with van der Waals surface area (Å²) < 4.78 is 43.9. The third-order valence-electron chi connectivity index (χ3n) is 4.06. The van der Waals surface area contributed by atoms with Gasteiger partial charge in [0.25, 0.3) is 0 Å². The Morgan fingerprint density at radius 2 is 1.90 bits per heavy atom. The Morgan fingerprint density at radius 3 is 2.42 bits per heavy atom. The van der Waals surface area contributed by atoms with Gasteiger partial charge in [0.1, 0.15) is 12.2 Å². The van der Waals surface area contributed by atoms with Crippen molar-refractivity contribution in [2.24, 2.45) is 0 Å². The van der Waals surface area contributed by atoms with Crippen LogP contribution in [0, 0.1) is 0 Å². The summed E-state index contributed by atoms with van der Waals surface area (Å²) in [6.07, 6.45) is -3.53. The second-order valence-corrected chi connectivity index (χ2v) is 12.3. The molecule has 2 aliphatic heterocycles. The van der Waals surface area contributed by atoms with E-state index >= 15 is 0 Å². The molecule has 0 aromatic carbocycles. The molecule has 31 heavy (non-hydrogen) atoms. The number of ketones is 1. The van der Waals surface area contributed by atoms with Crippen molar-refractivity contribution in [1.82, 2.24) is 4.90 Å². The summed E-state index contributed by atoms with van der Waals surface area (Å²) in [6, 6.07) is 0. The van der Waals surface area contributed by atoms with Crippen molar-refractivity contribution in [2.45, 2.75) is 57.5 Å². The van der Waals surface area contributed by atoms with E-state index in [2.05, 4.69) is 4.52 Å². The molecule has 2 rings (SSSR count). The summed E-state index contributed by atoms with van der Waals surface area (Å²) in [5.74, 6) is -0.933. The van der Waals surface area contributed by atoms with Crippen LogP contribution in [0.25, 0.3) is 0 Å². The van der Waals surface area contributed by atoms with Crippen molar-refractivity contribution >= 4 is 37.8 Å². The van der Waals surface area contributed by atoms with E-state index in [0.717, 1.165) is 12.0 Å². The molecule has 0 aliphatic carbocycles. The molecule has 6 atom stereocenters. The summed E-state index contributed by atoms with van der Waals surface area (Å²) in [6.45, 7) is 1.14. The van der Waals surface area contributed by atoms with E-state index in [1.807, 2.05) is 0 Å². The SMILES string of the molecule is CO[C@@H]1[C@H](OP(O)(=S)OC(C)(C)C)[C@@H](OCP(=O)(O)OC)O[C@H]1N1C=CC(=O)CC1=O. The largest absolute Gasteiger partial charge is 0.374 e. The van der Waals surface area contributed by atoms with Gasteiger partial charge in [-0.05, 0) is 38.7 Å². The zero-order chi connectivity index (χ0) is 23.6. The number of nitrogens with zero attached hydrogens (tertiary/aromatic N) is 1. The molecule has 2 aliphatic rings. The average Bonchev–Trinajstić information content (AvgIpc) is 2.94. The molecule has 2 N–H and O–H groups in total. The molecule has 0 aromatic rings. The van der Waals surface area contributed by atoms with Crippen LogP contribution in [0.4, 0.5) is 0 Å². The normalized spacial score (nSPS) is 31.0. The van der Waals surface area contributed by atoms with E-state index in [0.29, 0.717) is 0 Å². The first-order valence-electron chi connectivity index (χ1n) is 9.09. The number of hydrogen-bond acceptors (Lipinski definition) is 10. The Hall–Kier alpha value is -0.560. The number of carbonyl (C=O) groups is 2. The molecule has 0 aromatic heterocycles. The zero-order valence-corrected chi connectivity index (χ0v) is 20.3. The minimum atomic E-state index is -4.09. The summed E-state index contributed by atoms with van der Waals surface area (Å²) >= 11 is 5.08. The summed E-state index contributed by atoms with van der Waals surface area (Å²) in [7, 11) is -1.74. The van der Waals surface area contributed by atoms with Crippen molar-refractivity contribution in [2.75, 3.05) is 20.6 Å². The van der Waals surface area contributed by atoms with Crippen LogP contribution in [0.5, 0.6) is 0 Å². The van der Waals surface area contributed by atoms with Crippen molar-refractivity contribution in [3.63, 3.8) is 0 Å². The first-order valence-corrected chi connectivity index (χ1v) is 13.4. The van der Waals surface area contributed by atoms with E-state index in [-0.39, 0.29) is 12.2 Å². The molecule has 1 fully saturated rings. The molecule has 2 unspecified atom stereocenters. The fourth-order valence-electron chi connectivity index (χ4n) is 2.84. The van der Waals surface area contributed by atoms with E-state index in [4.69, 9.17) is 35.1 Å². The molecule has 0 spiro atoms. The highest BCUT2D eigenvalue weighted by Crippen LogP contribution is 2.52. The molecule has 0 bridgehead atoms. The van der Waals surface area contributed by atoms with Crippen LogP contribution in [0.2, 0.25) is 0 Å². The molecule has 1 amide bonds. The minimum Gasteiger partial charge on any atom is -0.374 e. The quantitative estimate of drug-likeness (QED) is 0.344. The van der Waals surface area contributed by atoms with Gasteiger partial charge in [0.2, 0.25) is 5.91 Å². The molecular weight excluding hydrogens is 476 g/mol. The van der Waals surface area contributed by atoms with Crippen LogP contribution in [-0.2, 0) is 53.7 Å². The van der Waals surface area contributed by atoms with Crippen molar-refractivity contribution < 1.29 is 51.7 Å². The predicted octanol–water partition coefficient (Wildman–Crippen LogP) is 1.22. The Kier molecular flexibility index (Phi) is 8.74. The lowest BCUT2D eigenvalue weighted by molar-refractivity contribution is -0.180. The van der Waals surface area contributed by atoms with Crippen LogP contribution in [-0.4, -0.2) is 77.3 Å². The number of hydrogen-bond donors (Lipinski definition) is 2. The minimum absolute atomic E-state index is 0.371. The summed E-state index contributed by atoms with van der Waals surface area (Å²) in [5.41, 5.74) is -0.842. The number of methoxy groups -OCH3 is 1. The maximum atomic E-state index is 12.3. The first-order chi connectivity index (χ1) is 14.2. The Balaban J connectivity index is 2.32. The van der Waals surface area contributed by atoms with Gasteiger partial charge in [-0.1, -0.05) is 0 Å². The molecule has 0 saturated carbocycles. The molecule has 2 heterocycles. The highest BCUT2D eigenvalue weighted by molar-refractivity contribution is 8.07. The van der Waals surface area contributed by atoms with E-state index in [9.17, 15) is 23.9 Å². The number of amides is 1. The second-order valence-electron chi connectivity index (χ2n) is 7.71. The lowest BCUT2D eigenvalue weighted by Crippen LogP contribution is -2.47. The summed E-state index contributed by atoms with van der Waals surface area (Å²) in [5, 5.41) is 0.